The largest absolute Gasteiger partial charge is 0.287 e. The van der Waals surface area contributed by atoms with Crippen LogP contribution in [0.15, 0.2) is 21.7 Å². The standard InChI is InChI=1S/C4H3BrN2O/c5-3-1-6-7-2-4(3)8/h1-2H,(H,6,8). The fraction of sp³-hybridized carbons (Fsp3) is 0. The molecule has 1 heterocycles. The minimum absolute atomic E-state index is 0.108. The molecule has 0 bridgehead atoms. The summed E-state index contributed by atoms with van der Waals surface area (Å²) in [5, 5.41) is 5.98. The van der Waals surface area contributed by atoms with E-state index < -0.39 is 0 Å². The molecule has 0 unspecified atom stereocenters. The summed E-state index contributed by atoms with van der Waals surface area (Å²) in [6, 6.07) is 0. The Morgan fingerprint density at radius 1 is 1.75 bits per heavy atom. The molecule has 4 heteroatoms. The first-order valence-electron chi connectivity index (χ1n) is 1.99. The minimum atomic E-state index is -0.108. The van der Waals surface area contributed by atoms with Crippen molar-refractivity contribution in [1.29, 1.82) is 0 Å². The summed E-state index contributed by atoms with van der Waals surface area (Å²) in [5.74, 6) is 0. The van der Waals surface area contributed by atoms with E-state index in [1.54, 1.807) is 0 Å². The molecule has 0 amide bonds. The molecule has 1 rings (SSSR count). The van der Waals surface area contributed by atoms with Crippen molar-refractivity contribution >= 4 is 15.9 Å². The Bertz CT molecular complexity index is 231. The Hall–Kier alpha value is -0.640. The van der Waals surface area contributed by atoms with Gasteiger partial charge in [0.25, 0.3) is 0 Å². The van der Waals surface area contributed by atoms with Crippen LogP contribution in [-0.2, 0) is 0 Å². The zero-order valence-corrected chi connectivity index (χ0v) is 5.47. The van der Waals surface area contributed by atoms with Crippen LogP contribution in [0, 0.1) is 0 Å². The number of hydrogen-bond donors (Lipinski definition) is 1. The number of aromatic nitrogens is 2. The van der Waals surface area contributed by atoms with Gasteiger partial charge in [-0.3, -0.25) is 9.89 Å². The smallest absolute Gasteiger partial charge is 0.214 e. The molecular weight excluding hydrogens is 172 g/mol. The van der Waals surface area contributed by atoms with Crippen LogP contribution in [0.3, 0.4) is 0 Å². The van der Waals surface area contributed by atoms with E-state index in [4.69, 9.17) is 0 Å². The molecule has 0 aromatic carbocycles. The lowest BCUT2D eigenvalue weighted by Crippen LogP contribution is -2.00. The number of nitrogens with zero attached hydrogens (tertiary/aromatic N) is 1. The topological polar surface area (TPSA) is 45.8 Å². The van der Waals surface area contributed by atoms with E-state index in [2.05, 4.69) is 26.1 Å². The summed E-state index contributed by atoms with van der Waals surface area (Å²) in [4.78, 5) is 10.5. The van der Waals surface area contributed by atoms with Gasteiger partial charge in [-0.1, -0.05) is 0 Å². The summed E-state index contributed by atoms with van der Waals surface area (Å²) < 4.78 is 0.507. The first kappa shape index (κ1) is 5.50. The number of halogens is 1. The van der Waals surface area contributed by atoms with Gasteiger partial charge in [0, 0.05) is 6.20 Å². The van der Waals surface area contributed by atoms with E-state index in [9.17, 15) is 4.79 Å². The van der Waals surface area contributed by atoms with E-state index in [0.717, 1.165) is 0 Å². The fourth-order valence-corrected chi connectivity index (χ4v) is 0.527. The fourth-order valence-electron chi connectivity index (χ4n) is 0.323. The van der Waals surface area contributed by atoms with Crippen LogP contribution in [0.1, 0.15) is 0 Å². The van der Waals surface area contributed by atoms with Gasteiger partial charge >= 0.3 is 0 Å². The number of rotatable bonds is 0. The second kappa shape index (κ2) is 2.09. The Labute approximate surface area is 53.9 Å². The van der Waals surface area contributed by atoms with E-state index in [1.165, 1.54) is 12.4 Å². The van der Waals surface area contributed by atoms with E-state index >= 15 is 0 Å². The van der Waals surface area contributed by atoms with Crippen LogP contribution in [0.4, 0.5) is 0 Å². The van der Waals surface area contributed by atoms with Crippen LogP contribution in [0.5, 0.6) is 0 Å². The molecular formula is C4H3BrN2O. The Balaban J connectivity index is 3.35. The number of hydrogen-bond acceptors (Lipinski definition) is 2. The maximum atomic E-state index is 10.5. The van der Waals surface area contributed by atoms with E-state index in [0.29, 0.717) is 4.47 Å². The molecule has 0 radical (unpaired) electrons. The van der Waals surface area contributed by atoms with Gasteiger partial charge in [0.1, 0.15) is 0 Å². The van der Waals surface area contributed by atoms with Gasteiger partial charge < -0.3 is 0 Å². The van der Waals surface area contributed by atoms with Crippen molar-refractivity contribution in [2.45, 2.75) is 0 Å². The first-order chi connectivity index (χ1) is 3.80. The second-order valence-electron chi connectivity index (χ2n) is 1.24. The zero-order chi connectivity index (χ0) is 5.98. The van der Waals surface area contributed by atoms with Crippen LogP contribution < -0.4 is 5.43 Å². The summed E-state index contributed by atoms with van der Waals surface area (Å²) >= 11 is 3.01. The quantitative estimate of drug-likeness (QED) is 0.625. The lowest BCUT2D eigenvalue weighted by Gasteiger charge is -1.81. The molecule has 0 fully saturated rings. The highest BCUT2D eigenvalue weighted by Crippen LogP contribution is 1.94. The minimum Gasteiger partial charge on any atom is -0.287 e. The average molecular weight is 175 g/mol. The molecule has 1 aromatic rings. The predicted molar refractivity (Wildman–Crippen MR) is 32.6 cm³/mol. The third-order valence-corrected chi connectivity index (χ3v) is 1.30. The molecule has 8 heavy (non-hydrogen) atoms. The predicted octanol–water partition coefficient (Wildman–Crippen LogP) is 0.532. The van der Waals surface area contributed by atoms with Crippen molar-refractivity contribution in [3.8, 4) is 0 Å². The molecule has 0 saturated heterocycles. The molecule has 0 aliphatic heterocycles. The molecule has 0 aliphatic rings. The maximum absolute atomic E-state index is 10.5. The third kappa shape index (κ3) is 0.949. The zero-order valence-electron chi connectivity index (χ0n) is 3.89. The van der Waals surface area contributed by atoms with Crippen molar-refractivity contribution in [2.75, 3.05) is 0 Å². The highest BCUT2D eigenvalue weighted by Gasteiger charge is 1.87. The van der Waals surface area contributed by atoms with E-state index in [1.807, 2.05) is 0 Å². The third-order valence-electron chi connectivity index (χ3n) is 0.683. The Kier molecular flexibility index (Phi) is 1.43. The highest BCUT2D eigenvalue weighted by molar-refractivity contribution is 9.10. The van der Waals surface area contributed by atoms with Gasteiger partial charge in [-0.15, -0.1) is 0 Å². The summed E-state index contributed by atoms with van der Waals surface area (Å²) in [5.41, 5.74) is -0.108. The maximum Gasteiger partial charge on any atom is 0.214 e. The van der Waals surface area contributed by atoms with Crippen molar-refractivity contribution in [1.82, 2.24) is 10.2 Å². The van der Waals surface area contributed by atoms with Crippen LogP contribution in [0.2, 0.25) is 0 Å². The van der Waals surface area contributed by atoms with Crippen LogP contribution >= 0.6 is 15.9 Å². The van der Waals surface area contributed by atoms with Crippen LogP contribution in [-0.4, -0.2) is 10.2 Å². The normalized spacial score (nSPS) is 9.12. The van der Waals surface area contributed by atoms with Crippen LogP contribution in [0.25, 0.3) is 0 Å². The lowest BCUT2D eigenvalue weighted by molar-refractivity contribution is 1.01. The summed E-state index contributed by atoms with van der Waals surface area (Å²) in [6.07, 6.45) is 2.70. The van der Waals surface area contributed by atoms with Gasteiger partial charge in [-0.2, -0.15) is 5.10 Å². The molecule has 1 N–H and O–H groups in total. The van der Waals surface area contributed by atoms with Crippen molar-refractivity contribution < 1.29 is 0 Å². The molecule has 1 aromatic heterocycles. The first-order valence-corrected chi connectivity index (χ1v) is 2.78. The summed E-state index contributed by atoms with van der Waals surface area (Å²) in [7, 11) is 0. The average Bonchev–Trinajstić information content (AvgIpc) is 1.77. The highest BCUT2D eigenvalue weighted by atomic mass is 79.9. The van der Waals surface area contributed by atoms with Gasteiger partial charge in [-0.25, -0.2) is 0 Å². The molecule has 3 nitrogen and oxygen atoms in total. The molecule has 0 saturated carbocycles. The number of nitrogens with one attached hydrogen (secondary N) is 1. The van der Waals surface area contributed by atoms with Gasteiger partial charge in [0.15, 0.2) is 0 Å². The monoisotopic (exact) mass is 174 g/mol. The molecule has 0 atom stereocenters. The molecule has 42 valence electrons. The van der Waals surface area contributed by atoms with Crippen molar-refractivity contribution in [3.63, 3.8) is 0 Å². The van der Waals surface area contributed by atoms with Crippen molar-refractivity contribution in [3.05, 3.63) is 27.1 Å². The second-order valence-corrected chi connectivity index (χ2v) is 2.10. The summed E-state index contributed by atoms with van der Waals surface area (Å²) in [6.45, 7) is 0. The number of aromatic amines is 1. The van der Waals surface area contributed by atoms with Gasteiger partial charge in [0.05, 0.1) is 10.7 Å². The van der Waals surface area contributed by atoms with Crippen molar-refractivity contribution in [2.24, 2.45) is 0 Å². The van der Waals surface area contributed by atoms with Gasteiger partial charge in [0.2, 0.25) is 5.43 Å². The molecule has 0 spiro atoms. The Morgan fingerprint density at radius 2 is 2.50 bits per heavy atom. The van der Waals surface area contributed by atoms with Gasteiger partial charge in [-0.05, 0) is 15.9 Å². The molecule has 0 aliphatic carbocycles. The SMILES string of the molecule is O=c1cn[nH]cc1Br. The lowest BCUT2D eigenvalue weighted by atomic mass is 10.6. The number of H-pyrrole nitrogens is 1. The Morgan fingerprint density at radius 3 is 2.88 bits per heavy atom. The van der Waals surface area contributed by atoms with E-state index in [-0.39, 0.29) is 5.43 Å².